The second-order valence-corrected chi connectivity index (χ2v) is 6.70. The smallest absolute Gasteiger partial charge is 0.255 e. The topological polar surface area (TPSA) is 44.8 Å². The highest BCUT2D eigenvalue weighted by Crippen LogP contribution is 2.22. The summed E-state index contributed by atoms with van der Waals surface area (Å²) in [6.07, 6.45) is 0. The van der Waals surface area contributed by atoms with E-state index in [4.69, 9.17) is 16.3 Å². The van der Waals surface area contributed by atoms with E-state index in [1.165, 1.54) is 5.69 Å². The molecule has 0 saturated carbocycles. The Balaban J connectivity index is 1.45. The second kappa shape index (κ2) is 8.92. The minimum atomic E-state index is -0.160. The predicted octanol–water partition coefficient (Wildman–Crippen LogP) is 2.90. The normalized spacial score (nSPS) is 14.9. The third-order valence-corrected chi connectivity index (χ3v) is 4.85. The Morgan fingerprint density at radius 3 is 2.54 bits per heavy atom. The van der Waals surface area contributed by atoms with Gasteiger partial charge < -0.3 is 15.0 Å². The van der Waals surface area contributed by atoms with Gasteiger partial charge in [0.15, 0.2) is 0 Å². The molecule has 1 amide bonds. The first-order valence-electron chi connectivity index (χ1n) is 8.81. The lowest BCUT2D eigenvalue weighted by molar-refractivity contribution is 0.0944. The van der Waals surface area contributed by atoms with E-state index >= 15 is 0 Å². The lowest BCUT2D eigenvalue weighted by atomic mass is 10.2. The number of amides is 1. The molecule has 0 atom stereocenters. The molecule has 0 unspecified atom stereocenters. The van der Waals surface area contributed by atoms with Crippen molar-refractivity contribution < 1.29 is 9.53 Å². The number of nitrogens with one attached hydrogen (secondary N) is 1. The summed E-state index contributed by atoms with van der Waals surface area (Å²) in [5.41, 5.74) is 1.74. The fourth-order valence-electron chi connectivity index (χ4n) is 3.15. The van der Waals surface area contributed by atoms with Crippen molar-refractivity contribution in [1.82, 2.24) is 10.2 Å². The van der Waals surface area contributed by atoms with E-state index in [0.717, 1.165) is 32.7 Å². The van der Waals surface area contributed by atoms with Gasteiger partial charge in [0.1, 0.15) is 5.75 Å². The zero-order valence-electron chi connectivity index (χ0n) is 15.0. The summed E-state index contributed by atoms with van der Waals surface area (Å²) < 4.78 is 5.24. The zero-order chi connectivity index (χ0) is 18.4. The molecule has 1 aliphatic heterocycles. The van der Waals surface area contributed by atoms with E-state index in [-0.39, 0.29) is 5.91 Å². The molecule has 138 valence electrons. The molecule has 1 N–H and O–H groups in total. The van der Waals surface area contributed by atoms with Crippen molar-refractivity contribution in [3.8, 4) is 5.75 Å². The first kappa shape index (κ1) is 18.5. The van der Waals surface area contributed by atoms with Crippen LogP contribution >= 0.6 is 11.6 Å². The number of rotatable bonds is 6. The third-order valence-electron chi connectivity index (χ3n) is 4.61. The second-order valence-electron chi connectivity index (χ2n) is 6.26. The maximum atomic E-state index is 12.4. The van der Waals surface area contributed by atoms with Gasteiger partial charge in [0.05, 0.1) is 12.7 Å². The number of para-hydroxylation sites is 1. The van der Waals surface area contributed by atoms with E-state index in [1.807, 2.05) is 6.07 Å². The number of methoxy groups -OCH3 is 1. The van der Waals surface area contributed by atoms with Crippen LogP contribution in [0.5, 0.6) is 5.75 Å². The summed E-state index contributed by atoms with van der Waals surface area (Å²) in [7, 11) is 1.55. The van der Waals surface area contributed by atoms with Crippen molar-refractivity contribution in [2.24, 2.45) is 0 Å². The fraction of sp³-hybridized carbons (Fsp3) is 0.350. The van der Waals surface area contributed by atoms with Gasteiger partial charge in [-0.25, -0.2) is 0 Å². The molecule has 1 saturated heterocycles. The summed E-state index contributed by atoms with van der Waals surface area (Å²) in [5, 5.41) is 3.48. The van der Waals surface area contributed by atoms with Gasteiger partial charge in [-0.15, -0.1) is 0 Å². The first-order valence-corrected chi connectivity index (χ1v) is 9.19. The molecule has 1 aliphatic rings. The van der Waals surface area contributed by atoms with Gasteiger partial charge in [-0.3, -0.25) is 9.69 Å². The van der Waals surface area contributed by atoms with Crippen molar-refractivity contribution in [2.75, 3.05) is 51.3 Å². The van der Waals surface area contributed by atoms with Crippen LogP contribution in [0.3, 0.4) is 0 Å². The molecular weight excluding hydrogens is 350 g/mol. The monoisotopic (exact) mass is 373 g/mol. The molecule has 0 bridgehead atoms. The van der Waals surface area contributed by atoms with Crippen LogP contribution in [0, 0.1) is 0 Å². The Labute approximate surface area is 159 Å². The maximum absolute atomic E-state index is 12.4. The Morgan fingerprint density at radius 1 is 1.12 bits per heavy atom. The van der Waals surface area contributed by atoms with Crippen molar-refractivity contribution >= 4 is 23.2 Å². The average Bonchev–Trinajstić information content (AvgIpc) is 2.69. The molecule has 1 heterocycles. The molecule has 0 radical (unpaired) electrons. The molecular formula is C20H24ClN3O2. The number of benzene rings is 2. The Morgan fingerprint density at radius 2 is 1.85 bits per heavy atom. The number of nitrogens with zero attached hydrogens (tertiary/aromatic N) is 2. The van der Waals surface area contributed by atoms with Gasteiger partial charge in [-0.1, -0.05) is 29.8 Å². The highest BCUT2D eigenvalue weighted by molar-refractivity contribution is 6.31. The van der Waals surface area contributed by atoms with Gasteiger partial charge >= 0.3 is 0 Å². The van der Waals surface area contributed by atoms with Crippen molar-refractivity contribution in [1.29, 1.82) is 0 Å². The Kier molecular flexibility index (Phi) is 6.36. The molecule has 26 heavy (non-hydrogen) atoms. The van der Waals surface area contributed by atoms with Crippen LogP contribution in [0.2, 0.25) is 5.02 Å². The lowest BCUT2D eigenvalue weighted by Gasteiger charge is -2.36. The van der Waals surface area contributed by atoms with Crippen molar-refractivity contribution in [3.63, 3.8) is 0 Å². The van der Waals surface area contributed by atoms with Gasteiger partial charge in [0.2, 0.25) is 0 Å². The number of anilines is 1. The first-order chi connectivity index (χ1) is 12.7. The molecule has 2 aromatic carbocycles. The van der Waals surface area contributed by atoms with Crippen LogP contribution in [-0.2, 0) is 0 Å². The molecule has 0 aromatic heterocycles. The van der Waals surface area contributed by atoms with E-state index in [0.29, 0.717) is 22.9 Å². The van der Waals surface area contributed by atoms with E-state index in [2.05, 4.69) is 39.4 Å². The number of carbonyl (C=O) groups excluding carboxylic acids is 1. The number of ether oxygens (including phenoxy) is 1. The number of hydrogen-bond acceptors (Lipinski definition) is 4. The van der Waals surface area contributed by atoms with Crippen LogP contribution in [0.25, 0.3) is 0 Å². The van der Waals surface area contributed by atoms with Crippen LogP contribution in [-0.4, -0.2) is 57.2 Å². The van der Waals surface area contributed by atoms with Gasteiger partial charge in [-0.2, -0.15) is 0 Å². The largest absolute Gasteiger partial charge is 0.496 e. The van der Waals surface area contributed by atoms with Crippen LogP contribution < -0.4 is 15.0 Å². The van der Waals surface area contributed by atoms with Crippen molar-refractivity contribution in [2.45, 2.75) is 0 Å². The van der Waals surface area contributed by atoms with Gasteiger partial charge in [-0.05, 0) is 30.3 Å². The summed E-state index contributed by atoms with van der Waals surface area (Å²) in [5.74, 6) is 0.371. The number of halogens is 1. The number of hydrogen-bond donors (Lipinski definition) is 1. The van der Waals surface area contributed by atoms with Crippen LogP contribution in [0.1, 0.15) is 10.4 Å². The molecule has 0 aliphatic carbocycles. The minimum absolute atomic E-state index is 0.160. The summed E-state index contributed by atoms with van der Waals surface area (Å²) in [6.45, 7) is 5.41. The van der Waals surface area contributed by atoms with E-state index < -0.39 is 0 Å². The molecule has 2 aromatic rings. The third kappa shape index (κ3) is 4.68. The Bertz CT molecular complexity index is 731. The number of piperazine rings is 1. The van der Waals surface area contributed by atoms with Crippen molar-refractivity contribution in [3.05, 3.63) is 59.1 Å². The molecule has 1 fully saturated rings. The fourth-order valence-corrected chi connectivity index (χ4v) is 3.32. The average molecular weight is 374 g/mol. The highest BCUT2D eigenvalue weighted by atomic mass is 35.5. The standard InChI is InChI=1S/C20H24ClN3O2/c1-26-19-8-7-16(21)15-18(19)20(25)22-9-10-23-11-13-24(14-12-23)17-5-3-2-4-6-17/h2-8,15H,9-14H2,1H3,(H,22,25). The summed E-state index contributed by atoms with van der Waals surface area (Å²) in [6, 6.07) is 15.5. The lowest BCUT2D eigenvalue weighted by Crippen LogP contribution is -2.48. The summed E-state index contributed by atoms with van der Waals surface area (Å²) >= 11 is 5.99. The zero-order valence-corrected chi connectivity index (χ0v) is 15.7. The highest BCUT2D eigenvalue weighted by Gasteiger charge is 2.17. The SMILES string of the molecule is COc1ccc(Cl)cc1C(=O)NCCN1CCN(c2ccccc2)CC1. The van der Waals surface area contributed by atoms with E-state index in [9.17, 15) is 4.79 Å². The molecule has 3 rings (SSSR count). The Hall–Kier alpha value is -2.24. The van der Waals surface area contributed by atoms with Crippen LogP contribution in [0.15, 0.2) is 48.5 Å². The minimum Gasteiger partial charge on any atom is -0.496 e. The predicted molar refractivity (Wildman–Crippen MR) is 105 cm³/mol. The van der Waals surface area contributed by atoms with Gasteiger partial charge in [0, 0.05) is 50.0 Å². The molecule has 0 spiro atoms. The molecule has 5 nitrogen and oxygen atoms in total. The molecule has 6 heteroatoms. The van der Waals surface area contributed by atoms with Gasteiger partial charge in [0.25, 0.3) is 5.91 Å². The maximum Gasteiger partial charge on any atom is 0.255 e. The van der Waals surface area contributed by atoms with Crippen LogP contribution in [0.4, 0.5) is 5.69 Å². The van der Waals surface area contributed by atoms with E-state index in [1.54, 1.807) is 25.3 Å². The quantitative estimate of drug-likeness (QED) is 0.845. The summed E-state index contributed by atoms with van der Waals surface area (Å²) in [4.78, 5) is 17.1. The number of carbonyl (C=O) groups is 1.